The highest BCUT2D eigenvalue weighted by molar-refractivity contribution is 7.83. The Morgan fingerprint density at radius 1 is 1.12 bits per heavy atom. The maximum Gasteiger partial charge on any atom is 0.0449 e. The molecule has 0 atom stereocenters. The van der Waals surface area contributed by atoms with Gasteiger partial charge in [0.15, 0.2) is 0 Å². The van der Waals surface area contributed by atoms with Gasteiger partial charge in [0.05, 0.1) is 0 Å². The van der Waals surface area contributed by atoms with Gasteiger partial charge in [0.25, 0.3) is 0 Å². The van der Waals surface area contributed by atoms with Crippen molar-refractivity contribution in [2.75, 3.05) is 0 Å². The van der Waals surface area contributed by atoms with Crippen LogP contribution in [-0.2, 0) is 6.42 Å². The lowest BCUT2D eigenvalue weighted by atomic mass is 10.0. The van der Waals surface area contributed by atoms with Crippen LogP contribution in [0.4, 0.5) is 0 Å². The Balaban J connectivity index is 2.35. The lowest BCUT2D eigenvalue weighted by Gasteiger charge is -2.04. The van der Waals surface area contributed by atoms with Crippen molar-refractivity contribution in [1.82, 2.24) is 0 Å². The first kappa shape index (κ1) is 14.2. The molecule has 0 aliphatic carbocycles. The molecule has 0 aromatic heterocycles. The summed E-state index contributed by atoms with van der Waals surface area (Å²) in [6.45, 7) is 2.25. The lowest BCUT2D eigenvalue weighted by Crippen LogP contribution is -1.95. The summed E-state index contributed by atoms with van der Waals surface area (Å²) in [5.41, 5.74) is 8.96. The fourth-order valence-corrected chi connectivity index (χ4v) is 2.02. The highest BCUT2D eigenvalue weighted by Crippen LogP contribution is 2.13. The maximum atomic E-state index is 5.78. The Morgan fingerprint density at radius 3 is 2.35 bits per heavy atom. The van der Waals surface area contributed by atoms with E-state index in [1.807, 2.05) is 0 Å². The van der Waals surface area contributed by atoms with Crippen molar-refractivity contribution in [3.05, 3.63) is 40.8 Å². The van der Waals surface area contributed by atoms with E-state index in [2.05, 4.69) is 43.8 Å². The summed E-state index contributed by atoms with van der Waals surface area (Å²) in [6, 6.07) is 8.48. The zero-order valence-electron chi connectivity index (χ0n) is 10.7. The molecule has 0 bridgehead atoms. The van der Waals surface area contributed by atoms with Gasteiger partial charge in [-0.3, -0.25) is 0 Å². The topological polar surface area (TPSA) is 26.0 Å². The molecule has 1 aromatic rings. The quantitative estimate of drug-likeness (QED) is 0.544. The predicted molar refractivity (Wildman–Crippen MR) is 80.1 cm³/mol. The van der Waals surface area contributed by atoms with E-state index in [1.54, 1.807) is 5.41 Å². The van der Waals surface area contributed by atoms with Gasteiger partial charge in [-0.05, 0) is 29.4 Å². The molecule has 17 heavy (non-hydrogen) atoms. The summed E-state index contributed by atoms with van der Waals surface area (Å²) >= 11 is 4.05. The molecule has 0 aliphatic rings. The summed E-state index contributed by atoms with van der Waals surface area (Å²) in [7, 11) is 0. The van der Waals surface area contributed by atoms with E-state index in [0.717, 1.165) is 11.3 Å². The summed E-state index contributed by atoms with van der Waals surface area (Å²) in [6.07, 6.45) is 7.84. The summed E-state index contributed by atoms with van der Waals surface area (Å²) in [5.74, 6) is 0. The van der Waals surface area contributed by atoms with Gasteiger partial charge in [-0.25, -0.2) is 0 Å². The highest BCUT2D eigenvalue weighted by atomic mass is 32.1. The molecule has 0 saturated heterocycles. The van der Waals surface area contributed by atoms with Crippen molar-refractivity contribution < 1.29 is 0 Å². The van der Waals surface area contributed by atoms with Gasteiger partial charge in [-0.2, -0.15) is 0 Å². The van der Waals surface area contributed by atoms with E-state index in [-0.39, 0.29) is 0 Å². The molecule has 0 amide bonds. The number of rotatable bonds is 7. The number of hydrogen-bond acceptors (Lipinski definition) is 2. The average Bonchev–Trinajstić information content (AvgIpc) is 2.38. The third-order valence-electron chi connectivity index (χ3n) is 3.00. The smallest absolute Gasteiger partial charge is 0.0449 e. The van der Waals surface area contributed by atoms with Crippen molar-refractivity contribution >= 4 is 18.3 Å². The summed E-state index contributed by atoms with van der Waals surface area (Å²) in [4.78, 5) is 0. The molecule has 2 heteroatoms. The van der Waals surface area contributed by atoms with Gasteiger partial charge in [0, 0.05) is 5.70 Å². The normalized spacial score (nSPS) is 11.8. The number of benzene rings is 1. The minimum Gasteiger partial charge on any atom is -0.398 e. The molecule has 2 N–H and O–H groups in total. The molecule has 1 aromatic carbocycles. The van der Waals surface area contributed by atoms with E-state index in [1.165, 1.54) is 44.1 Å². The van der Waals surface area contributed by atoms with Crippen LogP contribution >= 0.6 is 12.6 Å². The fourth-order valence-electron chi connectivity index (χ4n) is 1.87. The predicted octanol–water partition coefficient (Wildman–Crippen LogP) is 4.39. The van der Waals surface area contributed by atoms with E-state index in [9.17, 15) is 0 Å². The third kappa shape index (κ3) is 5.31. The van der Waals surface area contributed by atoms with Crippen LogP contribution < -0.4 is 5.73 Å². The van der Waals surface area contributed by atoms with Gasteiger partial charge in [-0.1, -0.05) is 56.9 Å². The first-order valence-corrected chi connectivity index (χ1v) is 6.98. The second kappa shape index (κ2) is 8.24. The molecule has 1 rings (SSSR count). The van der Waals surface area contributed by atoms with Gasteiger partial charge >= 0.3 is 0 Å². The Morgan fingerprint density at radius 2 is 1.76 bits per heavy atom. The molecule has 94 valence electrons. The van der Waals surface area contributed by atoms with Gasteiger partial charge in [0.2, 0.25) is 0 Å². The van der Waals surface area contributed by atoms with Crippen molar-refractivity contribution in [2.45, 2.75) is 45.4 Å². The largest absolute Gasteiger partial charge is 0.398 e. The van der Waals surface area contributed by atoms with Crippen LogP contribution in [0.15, 0.2) is 29.7 Å². The van der Waals surface area contributed by atoms with E-state index in [4.69, 9.17) is 5.73 Å². The fraction of sp³-hybridized carbons (Fsp3) is 0.467. The number of aryl methyl sites for hydroxylation is 1. The van der Waals surface area contributed by atoms with Crippen LogP contribution in [0.1, 0.15) is 50.2 Å². The zero-order valence-corrected chi connectivity index (χ0v) is 11.5. The SMILES string of the molecule is CCCCCCCc1ccc(/C(N)=C/S)cc1. The Kier molecular flexibility index (Phi) is 6.87. The van der Waals surface area contributed by atoms with Crippen LogP contribution in [0.3, 0.4) is 0 Å². The Bertz CT molecular complexity index is 340. The molecule has 0 saturated carbocycles. The second-order valence-electron chi connectivity index (χ2n) is 4.45. The van der Waals surface area contributed by atoms with Crippen LogP contribution in [0.5, 0.6) is 0 Å². The minimum absolute atomic E-state index is 0.725. The molecule has 0 spiro atoms. The molecule has 0 unspecified atom stereocenters. The summed E-state index contributed by atoms with van der Waals surface area (Å²) < 4.78 is 0. The van der Waals surface area contributed by atoms with Crippen molar-refractivity contribution in [1.29, 1.82) is 0 Å². The molecule has 1 nitrogen and oxygen atoms in total. The first-order chi connectivity index (χ1) is 8.27. The molecular formula is C15H23NS. The Labute approximate surface area is 111 Å². The Hall–Kier alpha value is -0.890. The second-order valence-corrected chi connectivity index (χ2v) is 4.70. The lowest BCUT2D eigenvalue weighted by molar-refractivity contribution is 0.632. The maximum absolute atomic E-state index is 5.78. The van der Waals surface area contributed by atoms with Crippen LogP contribution in [0.2, 0.25) is 0 Å². The van der Waals surface area contributed by atoms with E-state index >= 15 is 0 Å². The van der Waals surface area contributed by atoms with Crippen LogP contribution in [0, 0.1) is 0 Å². The van der Waals surface area contributed by atoms with E-state index < -0.39 is 0 Å². The molecule has 0 radical (unpaired) electrons. The molecule has 0 aliphatic heterocycles. The number of thiol groups is 1. The van der Waals surface area contributed by atoms with Gasteiger partial charge in [0.1, 0.15) is 0 Å². The monoisotopic (exact) mass is 249 g/mol. The molecular weight excluding hydrogens is 226 g/mol. The third-order valence-corrected chi connectivity index (χ3v) is 3.27. The van der Waals surface area contributed by atoms with Crippen molar-refractivity contribution in [2.24, 2.45) is 5.73 Å². The standard InChI is InChI=1S/C15H23NS/c1-2-3-4-5-6-7-13-8-10-14(11-9-13)15(16)12-17/h8-12,17H,2-7,16H2,1H3/b15-12-. The average molecular weight is 249 g/mol. The van der Waals surface area contributed by atoms with Gasteiger partial charge < -0.3 is 5.73 Å². The zero-order chi connectivity index (χ0) is 12.5. The summed E-state index contributed by atoms with van der Waals surface area (Å²) in [5, 5.41) is 1.64. The highest BCUT2D eigenvalue weighted by Gasteiger charge is 1.97. The van der Waals surface area contributed by atoms with Crippen LogP contribution in [-0.4, -0.2) is 0 Å². The van der Waals surface area contributed by atoms with Crippen molar-refractivity contribution in [3.63, 3.8) is 0 Å². The molecule has 0 heterocycles. The number of unbranched alkanes of at least 4 members (excludes halogenated alkanes) is 4. The van der Waals surface area contributed by atoms with Gasteiger partial charge in [-0.15, -0.1) is 12.6 Å². The van der Waals surface area contributed by atoms with Crippen LogP contribution in [0.25, 0.3) is 5.70 Å². The number of nitrogens with two attached hydrogens (primary N) is 1. The van der Waals surface area contributed by atoms with Crippen molar-refractivity contribution in [3.8, 4) is 0 Å². The minimum atomic E-state index is 0.725. The van der Waals surface area contributed by atoms with E-state index in [0.29, 0.717) is 0 Å². The molecule has 0 fully saturated rings. The first-order valence-electron chi connectivity index (χ1n) is 6.47. The number of hydrogen-bond donors (Lipinski definition) is 2.